The van der Waals surface area contributed by atoms with Crippen LogP contribution >= 0.6 is 0 Å². The second-order valence-corrected chi connectivity index (χ2v) is 1.68. The highest BCUT2D eigenvalue weighted by Gasteiger charge is 2.72. The zero-order chi connectivity index (χ0) is 9.23. The van der Waals surface area contributed by atoms with E-state index in [0.29, 0.717) is 0 Å². The van der Waals surface area contributed by atoms with E-state index >= 15 is 0 Å². The Balaban J connectivity index is 0.000000187. The molecule has 0 aromatic carbocycles. The maximum atomic E-state index is 11.1. The molecule has 11 heavy (non-hydrogen) atoms. The van der Waals surface area contributed by atoms with Crippen molar-refractivity contribution in [1.29, 1.82) is 0 Å². The van der Waals surface area contributed by atoms with Crippen molar-refractivity contribution in [1.82, 2.24) is 0 Å². The fourth-order valence-corrected chi connectivity index (χ4v) is 0.176. The Labute approximate surface area is 57.5 Å². The van der Waals surface area contributed by atoms with Gasteiger partial charge in [-0.05, 0) is 4.39 Å². The molecule has 0 aromatic heterocycles. The first-order valence-electron chi connectivity index (χ1n) is 2.41. The maximum Gasteiger partial charge on any atom is 0.673 e. The molecule has 0 nitrogen and oxygen atoms in total. The standard InChI is InChI=1S/C3H2F3.BF4/c4-1-2(5)3(1)6;2-1(3,4)5/h1-2H;/q+1;-1. The largest absolute Gasteiger partial charge is 0.673 e. The smallest absolute Gasteiger partial charge is 0.418 e. The summed E-state index contributed by atoms with van der Waals surface area (Å²) in [6.45, 7) is 0. The third-order valence-electron chi connectivity index (χ3n) is 0.675. The highest BCUT2D eigenvalue weighted by atomic mass is 19.5. The summed E-state index contributed by atoms with van der Waals surface area (Å²) in [6.07, 6.45) is -4.95. The minimum absolute atomic E-state index is 1.16. The molecule has 0 radical (unpaired) electrons. The summed E-state index contributed by atoms with van der Waals surface area (Å²) in [5.74, 6) is 0. The molecule has 1 rings (SSSR count). The van der Waals surface area contributed by atoms with Gasteiger partial charge in [-0.3, -0.25) is 0 Å². The summed E-state index contributed by atoms with van der Waals surface area (Å²) in [5, 5.41) is 0. The Morgan fingerprint density at radius 1 is 0.909 bits per heavy atom. The van der Waals surface area contributed by atoms with Crippen molar-refractivity contribution < 1.29 is 30.4 Å². The lowest BCUT2D eigenvalue weighted by Gasteiger charge is -1.94. The maximum absolute atomic E-state index is 11.1. The monoisotopic (exact) mass is 182 g/mol. The molecule has 2 unspecified atom stereocenters. The molecule has 0 amide bonds. The van der Waals surface area contributed by atoms with Crippen molar-refractivity contribution in [2.24, 2.45) is 0 Å². The van der Waals surface area contributed by atoms with Crippen LogP contribution in [0.2, 0.25) is 0 Å². The summed E-state index contributed by atoms with van der Waals surface area (Å²) in [4.78, 5) is 0. The molecule has 0 bridgehead atoms. The number of rotatable bonds is 0. The second-order valence-electron chi connectivity index (χ2n) is 1.68. The van der Waals surface area contributed by atoms with Gasteiger partial charge in [0, 0.05) is 0 Å². The summed E-state index contributed by atoms with van der Waals surface area (Å²) in [7, 11) is -6.00. The summed E-state index contributed by atoms with van der Waals surface area (Å²) < 4.78 is 72.3. The predicted octanol–water partition coefficient (Wildman–Crippen LogP) is 2.48. The fraction of sp³-hybridized carbons (Fsp3) is 0.667. The Bertz CT molecular complexity index is 95.1. The average Bonchev–Trinajstić information content (AvgIpc) is 2.19. The van der Waals surface area contributed by atoms with Crippen LogP contribution in [-0.4, -0.2) is 19.6 Å². The van der Waals surface area contributed by atoms with E-state index in [4.69, 9.17) is 0 Å². The summed E-state index contributed by atoms with van der Waals surface area (Å²) in [5.41, 5.74) is 0. The number of hydrogen-bond acceptors (Lipinski definition) is 0. The topological polar surface area (TPSA) is 0 Å². The third kappa shape index (κ3) is 5.87. The van der Waals surface area contributed by atoms with Crippen LogP contribution in [0.5, 0.6) is 0 Å². The van der Waals surface area contributed by atoms with Gasteiger partial charge in [0.05, 0.1) is 0 Å². The molecule has 1 fully saturated rings. The minimum atomic E-state index is -6.00. The molecule has 66 valence electrons. The van der Waals surface area contributed by atoms with Crippen LogP contribution in [0.15, 0.2) is 0 Å². The normalized spacial score (nSPS) is 29.2. The van der Waals surface area contributed by atoms with Gasteiger partial charge in [0.1, 0.15) is 0 Å². The van der Waals surface area contributed by atoms with Crippen molar-refractivity contribution in [2.75, 3.05) is 0 Å². The summed E-state index contributed by atoms with van der Waals surface area (Å²) in [6, 6.07) is 0. The Hall–Kier alpha value is -0.555. The van der Waals surface area contributed by atoms with Crippen LogP contribution in [0.1, 0.15) is 0 Å². The van der Waals surface area contributed by atoms with E-state index in [1.807, 2.05) is 0 Å². The molecule has 0 N–H and O–H groups in total. The van der Waals surface area contributed by atoms with Crippen LogP contribution in [0.4, 0.5) is 30.4 Å². The van der Waals surface area contributed by atoms with Crippen LogP contribution in [0.3, 0.4) is 0 Å². The van der Waals surface area contributed by atoms with Crippen LogP contribution in [0, 0.1) is 6.17 Å². The zero-order valence-corrected chi connectivity index (χ0v) is 4.88. The molecule has 2 atom stereocenters. The first-order valence-corrected chi connectivity index (χ1v) is 2.41. The Morgan fingerprint density at radius 3 is 1.00 bits per heavy atom. The van der Waals surface area contributed by atoms with Gasteiger partial charge in [-0.1, -0.05) is 0 Å². The molecule has 1 aliphatic carbocycles. The molecule has 0 saturated heterocycles. The summed E-state index contributed by atoms with van der Waals surface area (Å²) >= 11 is 0. The SMILES string of the molecule is F[B-](F)(F)F.F[C+]1C(F)C1F. The molecule has 1 aliphatic rings. The number of halogens is 7. The predicted molar refractivity (Wildman–Crippen MR) is 24.3 cm³/mol. The highest BCUT2D eigenvalue weighted by Crippen LogP contribution is 2.40. The van der Waals surface area contributed by atoms with Gasteiger partial charge in [0.25, 0.3) is 0 Å². The van der Waals surface area contributed by atoms with Gasteiger partial charge >= 0.3 is 25.8 Å². The molecule has 8 heteroatoms. The number of alkyl halides is 2. The fourth-order valence-electron chi connectivity index (χ4n) is 0.176. The van der Waals surface area contributed by atoms with Crippen LogP contribution in [0.25, 0.3) is 0 Å². The Morgan fingerprint density at radius 2 is 1.00 bits per heavy atom. The number of hydrogen-bond donors (Lipinski definition) is 0. The lowest BCUT2D eigenvalue weighted by Crippen LogP contribution is -2.02. The quantitative estimate of drug-likeness (QED) is 0.306. The first kappa shape index (κ1) is 10.4. The lowest BCUT2D eigenvalue weighted by molar-refractivity contribution is 0.368. The van der Waals surface area contributed by atoms with Crippen molar-refractivity contribution in [2.45, 2.75) is 12.3 Å². The van der Waals surface area contributed by atoms with Crippen molar-refractivity contribution >= 4 is 7.25 Å². The van der Waals surface area contributed by atoms with Crippen molar-refractivity contribution in [3.63, 3.8) is 0 Å². The van der Waals surface area contributed by atoms with E-state index in [-0.39, 0.29) is 0 Å². The van der Waals surface area contributed by atoms with Crippen molar-refractivity contribution in [3.05, 3.63) is 6.17 Å². The minimum Gasteiger partial charge on any atom is -0.418 e. The molecule has 0 spiro atoms. The molecular formula is C3H2BF7. The zero-order valence-electron chi connectivity index (χ0n) is 4.88. The lowest BCUT2D eigenvalue weighted by atomic mass is 10.3. The van der Waals surface area contributed by atoms with Gasteiger partial charge in [-0.25, -0.2) is 0 Å². The van der Waals surface area contributed by atoms with Gasteiger partial charge < -0.3 is 17.3 Å². The van der Waals surface area contributed by atoms with Crippen LogP contribution < -0.4 is 0 Å². The highest BCUT2D eigenvalue weighted by molar-refractivity contribution is 6.50. The molecule has 1 saturated carbocycles. The van der Waals surface area contributed by atoms with E-state index in [2.05, 4.69) is 0 Å². The molecule has 0 heterocycles. The van der Waals surface area contributed by atoms with Gasteiger partial charge in [-0.2, -0.15) is 8.78 Å². The van der Waals surface area contributed by atoms with Crippen LogP contribution in [-0.2, 0) is 0 Å². The van der Waals surface area contributed by atoms with E-state index in [0.717, 1.165) is 0 Å². The van der Waals surface area contributed by atoms with Gasteiger partial charge in [0.15, 0.2) is 0 Å². The van der Waals surface area contributed by atoms with Crippen molar-refractivity contribution in [3.8, 4) is 0 Å². The van der Waals surface area contributed by atoms with E-state index in [1.54, 1.807) is 0 Å². The second kappa shape index (κ2) is 3.23. The Kier molecular flexibility index (Phi) is 3.07. The van der Waals surface area contributed by atoms with Gasteiger partial charge in [-0.15, -0.1) is 0 Å². The van der Waals surface area contributed by atoms with Gasteiger partial charge in [0.2, 0.25) is 0 Å². The average molecular weight is 182 g/mol. The third-order valence-corrected chi connectivity index (χ3v) is 0.675. The molecule has 0 aromatic rings. The molecule has 0 aliphatic heterocycles. The van der Waals surface area contributed by atoms with E-state index in [9.17, 15) is 30.4 Å². The first-order chi connectivity index (χ1) is 4.73. The van der Waals surface area contributed by atoms with E-state index < -0.39 is 25.8 Å². The molecular weight excluding hydrogens is 180 g/mol. The van der Waals surface area contributed by atoms with E-state index in [1.165, 1.54) is 0 Å².